The van der Waals surface area contributed by atoms with Gasteiger partial charge < -0.3 is 9.84 Å². The summed E-state index contributed by atoms with van der Waals surface area (Å²) in [5.74, 6) is 0. The lowest BCUT2D eigenvalue weighted by molar-refractivity contribution is -0.0870. The van der Waals surface area contributed by atoms with E-state index in [0.717, 1.165) is 38.2 Å². The van der Waals surface area contributed by atoms with Gasteiger partial charge in [-0.05, 0) is 25.5 Å². The predicted molar refractivity (Wildman–Crippen MR) is 83.4 cm³/mol. The van der Waals surface area contributed by atoms with Gasteiger partial charge in [0, 0.05) is 25.7 Å². The molecule has 2 atom stereocenters. The Morgan fingerprint density at radius 2 is 2.14 bits per heavy atom. The highest BCUT2D eigenvalue weighted by atomic mass is 16.5. The molecule has 1 aromatic heterocycles. The highest BCUT2D eigenvalue weighted by Gasteiger charge is 2.26. The van der Waals surface area contributed by atoms with Gasteiger partial charge in [0.1, 0.15) is 0 Å². The molecule has 0 spiro atoms. The van der Waals surface area contributed by atoms with Gasteiger partial charge in [-0.1, -0.05) is 20.8 Å². The molecule has 1 saturated heterocycles. The molecule has 1 N–H and O–H groups in total. The Kier molecular flexibility index (Phi) is 6.21. The van der Waals surface area contributed by atoms with Crippen molar-refractivity contribution < 1.29 is 9.84 Å². The average Bonchev–Trinajstić information content (AvgIpc) is 2.97. The quantitative estimate of drug-likeness (QED) is 0.834. The summed E-state index contributed by atoms with van der Waals surface area (Å²) < 4.78 is 7.74. The molecule has 120 valence electrons. The van der Waals surface area contributed by atoms with Gasteiger partial charge in [0.15, 0.2) is 0 Å². The molecule has 2 unspecified atom stereocenters. The van der Waals surface area contributed by atoms with Gasteiger partial charge in [-0.15, -0.1) is 0 Å². The summed E-state index contributed by atoms with van der Waals surface area (Å²) in [6.07, 6.45) is 4.17. The number of aliphatic hydroxyl groups is 1. The van der Waals surface area contributed by atoms with Crippen LogP contribution in [0, 0.1) is 0 Å². The Morgan fingerprint density at radius 3 is 2.81 bits per heavy atom. The lowest BCUT2D eigenvalue weighted by Gasteiger charge is -2.34. The normalized spacial score (nSPS) is 21.9. The van der Waals surface area contributed by atoms with Crippen LogP contribution < -0.4 is 0 Å². The number of morpholine rings is 1. The fourth-order valence-electron chi connectivity index (χ4n) is 2.95. The van der Waals surface area contributed by atoms with Crippen molar-refractivity contribution in [1.82, 2.24) is 14.7 Å². The number of hydrogen-bond donors (Lipinski definition) is 1. The summed E-state index contributed by atoms with van der Waals surface area (Å²) >= 11 is 0. The van der Waals surface area contributed by atoms with Crippen molar-refractivity contribution in [2.24, 2.45) is 0 Å². The summed E-state index contributed by atoms with van der Waals surface area (Å²) in [5.41, 5.74) is 0.951. The summed E-state index contributed by atoms with van der Waals surface area (Å²) in [6, 6.07) is 2.47. The number of nitrogens with zero attached hydrogens (tertiary/aromatic N) is 3. The van der Waals surface area contributed by atoms with E-state index in [2.05, 4.69) is 30.8 Å². The Morgan fingerprint density at radius 1 is 1.38 bits per heavy atom. The fraction of sp³-hybridized carbons (Fsp3) is 0.812. The highest BCUT2D eigenvalue weighted by Crippen LogP contribution is 2.16. The van der Waals surface area contributed by atoms with Crippen LogP contribution in [0.25, 0.3) is 0 Å². The van der Waals surface area contributed by atoms with Crippen molar-refractivity contribution in [3.05, 3.63) is 18.0 Å². The van der Waals surface area contributed by atoms with Gasteiger partial charge in [-0.2, -0.15) is 5.10 Å². The number of aromatic nitrogens is 2. The summed E-state index contributed by atoms with van der Waals surface area (Å²) in [6.45, 7) is 9.99. The Labute approximate surface area is 127 Å². The number of hydrogen-bond acceptors (Lipinski definition) is 4. The molecule has 5 nitrogen and oxygen atoms in total. The topological polar surface area (TPSA) is 50.5 Å². The van der Waals surface area contributed by atoms with Crippen molar-refractivity contribution in [3.63, 3.8) is 0 Å². The molecular formula is C16H29N3O2. The third kappa shape index (κ3) is 4.28. The molecule has 1 aliphatic heterocycles. The monoisotopic (exact) mass is 295 g/mol. The van der Waals surface area contributed by atoms with Crippen LogP contribution in [-0.4, -0.2) is 58.2 Å². The zero-order valence-corrected chi connectivity index (χ0v) is 13.5. The smallest absolute Gasteiger partial charge is 0.0964 e. The fourth-order valence-corrected chi connectivity index (χ4v) is 2.95. The maximum atomic E-state index is 10.4. The second kappa shape index (κ2) is 7.92. The average molecular weight is 295 g/mol. The van der Waals surface area contributed by atoms with Crippen molar-refractivity contribution >= 4 is 0 Å². The maximum Gasteiger partial charge on any atom is 0.0964 e. The first-order valence-electron chi connectivity index (χ1n) is 8.23. The molecule has 0 bridgehead atoms. The molecule has 0 saturated carbocycles. The molecule has 2 rings (SSSR count). The SMILES string of the molecule is CCC(CC)n1ccc(CC(O)C2CN(CC)CCO2)n1. The molecule has 1 aliphatic rings. The van der Waals surface area contributed by atoms with E-state index in [4.69, 9.17) is 4.74 Å². The van der Waals surface area contributed by atoms with Gasteiger partial charge in [0.25, 0.3) is 0 Å². The number of likely N-dealkylation sites (N-methyl/N-ethyl adjacent to an activating group) is 1. The van der Waals surface area contributed by atoms with Crippen LogP contribution in [0.15, 0.2) is 12.3 Å². The van der Waals surface area contributed by atoms with Crippen LogP contribution in [0.4, 0.5) is 0 Å². The van der Waals surface area contributed by atoms with E-state index in [9.17, 15) is 5.11 Å². The zero-order chi connectivity index (χ0) is 15.2. The summed E-state index contributed by atoms with van der Waals surface area (Å²) in [7, 11) is 0. The van der Waals surface area contributed by atoms with Gasteiger partial charge in [-0.3, -0.25) is 9.58 Å². The van der Waals surface area contributed by atoms with Crippen LogP contribution in [-0.2, 0) is 11.2 Å². The van der Waals surface area contributed by atoms with Crippen LogP contribution in [0.3, 0.4) is 0 Å². The lowest BCUT2D eigenvalue weighted by Crippen LogP contribution is -2.48. The van der Waals surface area contributed by atoms with Crippen LogP contribution in [0.5, 0.6) is 0 Å². The van der Waals surface area contributed by atoms with Gasteiger partial charge >= 0.3 is 0 Å². The van der Waals surface area contributed by atoms with Gasteiger partial charge in [0.2, 0.25) is 0 Å². The van der Waals surface area contributed by atoms with E-state index in [1.807, 2.05) is 16.9 Å². The molecule has 5 heteroatoms. The summed E-state index contributed by atoms with van der Waals surface area (Å²) in [4.78, 5) is 2.32. The highest BCUT2D eigenvalue weighted by molar-refractivity contribution is 5.02. The maximum absolute atomic E-state index is 10.4. The molecular weight excluding hydrogens is 266 g/mol. The number of rotatable bonds is 7. The van der Waals surface area contributed by atoms with Gasteiger partial charge in [0.05, 0.1) is 30.6 Å². The van der Waals surface area contributed by atoms with Crippen molar-refractivity contribution in [3.8, 4) is 0 Å². The first kappa shape index (κ1) is 16.5. The van der Waals surface area contributed by atoms with Crippen molar-refractivity contribution in [1.29, 1.82) is 0 Å². The molecule has 21 heavy (non-hydrogen) atoms. The van der Waals surface area contributed by atoms with E-state index in [1.165, 1.54) is 0 Å². The zero-order valence-electron chi connectivity index (χ0n) is 13.5. The van der Waals surface area contributed by atoms with Crippen LogP contribution in [0.2, 0.25) is 0 Å². The molecule has 0 radical (unpaired) electrons. The first-order chi connectivity index (χ1) is 10.2. The lowest BCUT2D eigenvalue weighted by atomic mass is 10.1. The number of aliphatic hydroxyl groups excluding tert-OH is 1. The van der Waals surface area contributed by atoms with Gasteiger partial charge in [-0.25, -0.2) is 0 Å². The molecule has 2 heterocycles. The predicted octanol–water partition coefficient (Wildman–Crippen LogP) is 1.87. The summed E-state index contributed by atoms with van der Waals surface area (Å²) in [5, 5.41) is 15.0. The Balaban J connectivity index is 1.91. The van der Waals surface area contributed by atoms with Crippen molar-refractivity contribution in [2.75, 3.05) is 26.2 Å². The van der Waals surface area contributed by atoms with E-state index >= 15 is 0 Å². The third-order valence-electron chi connectivity index (χ3n) is 4.45. The van der Waals surface area contributed by atoms with Crippen LogP contribution >= 0.6 is 0 Å². The van der Waals surface area contributed by atoms with E-state index in [-0.39, 0.29) is 6.10 Å². The Hall–Kier alpha value is -0.910. The minimum absolute atomic E-state index is 0.100. The second-order valence-electron chi connectivity index (χ2n) is 5.83. The standard InChI is InChI=1S/C16H29N3O2/c1-4-14(5-2)19-8-7-13(17-19)11-15(20)16-12-18(6-3)9-10-21-16/h7-8,14-16,20H,4-6,9-12H2,1-3H3. The van der Waals surface area contributed by atoms with Crippen molar-refractivity contribution in [2.45, 2.75) is 58.3 Å². The second-order valence-corrected chi connectivity index (χ2v) is 5.83. The first-order valence-corrected chi connectivity index (χ1v) is 8.23. The van der Waals surface area contributed by atoms with E-state index in [0.29, 0.717) is 19.1 Å². The minimum Gasteiger partial charge on any atom is -0.390 e. The molecule has 0 amide bonds. The molecule has 1 aromatic rings. The number of ether oxygens (including phenoxy) is 1. The van der Waals surface area contributed by atoms with Crippen LogP contribution in [0.1, 0.15) is 45.3 Å². The van der Waals surface area contributed by atoms with E-state index < -0.39 is 6.10 Å². The molecule has 0 aromatic carbocycles. The third-order valence-corrected chi connectivity index (χ3v) is 4.45. The Bertz CT molecular complexity index is 417. The molecule has 0 aliphatic carbocycles. The van der Waals surface area contributed by atoms with E-state index in [1.54, 1.807) is 0 Å². The molecule has 1 fully saturated rings. The minimum atomic E-state index is -0.482. The largest absolute Gasteiger partial charge is 0.390 e.